The number of hydrogen-bond donors (Lipinski definition) is 2. The van der Waals surface area contributed by atoms with Crippen LogP contribution >= 0.6 is 11.3 Å². The van der Waals surface area contributed by atoms with Gasteiger partial charge >= 0.3 is 0 Å². The lowest BCUT2D eigenvalue weighted by atomic mass is 10.2. The summed E-state index contributed by atoms with van der Waals surface area (Å²) in [4.78, 5) is 17.2. The number of thiophene rings is 1. The molecular formula is C17H16N2O4S. The molecule has 0 radical (unpaired) electrons. The molecule has 0 saturated heterocycles. The van der Waals surface area contributed by atoms with Crippen molar-refractivity contribution in [1.82, 2.24) is 10.3 Å². The molecule has 6 nitrogen and oxygen atoms in total. The maximum absolute atomic E-state index is 11.9. The number of aliphatic hydroxyl groups is 1. The molecule has 1 amide bonds. The molecule has 0 aliphatic carbocycles. The van der Waals surface area contributed by atoms with Gasteiger partial charge in [-0.05, 0) is 29.6 Å². The van der Waals surface area contributed by atoms with E-state index in [0.29, 0.717) is 22.9 Å². The van der Waals surface area contributed by atoms with Gasteiger partial charge in [-0.25, -0.2) is 4.98 Å². The van der Waals surface area contributed by atoms with Crippen molar-refractivity contribution in [2.24, 2.45) is 0 Å². The molecule has 1 aromatic carbocycles. The maximum atomic E-state index is 11.9. The SMILES string of the molecule is O=C(NCCO)c1cccc(OCc2coc(-c3cccs3)n2)c1. The van der Waals surface area contributed by atoms with Crippen molar-refractivity contribution in [2.75, 3.05) is 13.2 Å². The molecule has 0 atom stereocenters. The second kappa shape index (κ2) is 7.76. The molecule has 0 aliphatic rings. The quantitative estimate of drug-likeness (QED) is 0.688. The fourth-order valence-corrected chi connectivity index (χ4v) is 2.70. The lowest BCUT2D eigenvalue weighted by Crippen LogP contribution is -2.26. The second-order valence-electron chi connectivity index (χ2n) is 4.92. The first-order chi connectivity index (χ1) is 11.8. The van der Waals surface area contributed by atoms with Gasteiger partial charge in [-0.1, -0.05) is 12.1 Å². The summed E-state index contributed by atoms with van der Waals surface area (Å²) in [5, 5.41) is 13.3. The lowest BCUT2D eigenvalue weighted by Gasteiger charge is -2.07. The van der Waals surface area contributed by atoms with Crippen molar-refractivity contribution >= 4 is 17.2 Å². The van der Waals surface area contributed by atoms with Crippen LogP contribution in [-0.2, 0) is 6.61 Å². The molecule has 7 heteroatoms. The van der Waals surface area contributed by atoms with E-state index in [4.69, 9.17) is 14.3 Å². The first kappa shape index (κ1) is 16.2. The Labute approximate surface area is 142 Å². The number of carbonyl (C=O) groups excluding carboxylic acids is 1. The van der Waals surface area contributed by atoms with Crippen molar-refractivity contribution in [2.45, 2.75) is 6.61 Å². The topological polar surface area (TPSA) is 84.6 Å². The number of benzene rings is 1. The average molecular weight is 344 g/mol. The van der Waals surface area contributed by atoms with Crippen molar-refractivity contribution in [3.05, 3.63) is 59.3 Å². The van der Waals surface area contributed by atoms with Crippen molar-refractivity contribution in [3.63, 3.8) is 0 Å². The zero-order chi connectivity index (χ0) is 16.8. The van der Waals surface area contributed by atoms with E-state index in [1.165, 1.54) is 0 Å². The van der Waals surface area contributed by atoms with Gasteiger partial charge in [0.05, 0.1) is 11.5 Å². The van der Waals surface area contributed by atoms with Gasteiger partial charge < -0.3 is 19.6 Å². The maximum Gasteiger partial charge on any atom is 0.251 e. The van der Waals surface area contributed by atoms with Gasteiger partial charge in [0.2, 0.25) is 5.89 Å². The van der Waals surface area contributed by atoms with E-state index in [-0.39, 0.29) is 25.7 Å². The smallest absolute Gasteiger partial charge is 0.251 e. The normalized spacial score (nSPS) is 10.5. The van der Waals surface area contributed by atoms with Crippen LogP contribution in [0.25, 0.3) is 10.8 Å². The van der Waals surface area contributed by atoms with Gasteiger partial charge in [0.25, 0.3) is 5.91 Å². The Bertz CT molecular complexity index is 799. The summed E-state index contributed by atoms with van der Waals surface area (Å²) in [5.74, 6) is 0.879. The molecule has 0 aliphatic heterocycles. The van der Waals surface area contributed by atoms with E-state index in [1.54, 1.807) is 41.9 Å². The first-order valence-corrected chi connectivity index (χ1v) is 8.24. The summed E-state index contributed by atoms with van der Waals surface area (Å²) in [6.07, 6.45) is 1.56. The lowest BCUT2D eigenvalue weighted by molar-refractivity contribution is 0.0944. The van der Waals surface area contributed by atoms with Crippen LogP contribution in [-0.4, -0.2) is 29.1 Å². The van der Waals surface area contributed by atoms with Crippen LogP contribution in [0.15, 0.2) is 52.5 Å². The molecule has 0 unspecified atom stereocenters. The molecule has 2 heterocycles. The minimum Gasteiger partial charge on any atom is -0.487 e. The van der Waals surface area contributed by atoms with E-state index >= 15 is 0 Å². The summed E-state index contributed by atoms with van der Waals surface area (Å²) in [6, 6.07) is 10.7. The highest BCUT2D eigenvalue weighted by atomic mass is 32.1. The van der Waals surface area contributed by atoms with Crippen LogP contribution in [0.4, 0.5) is 0 Å². The number of aromatic nitrogens is 1. The number of nitrogens with one attached hydrogen (secondary N) is 1. The Kier molecular flexibility index (Phi) is 5.25. The average Bonchev–Trinajstić information content (AvgIpc) is 3.29. The molecule has 3 aromatic rings. The zero-order valence-electron chi connectivity index (χ0n) is 12.8. The van der Waals surface area contributed by atoms with Crippen LogP contribution in [0.1, 0.15) is 16.1 Å². The van der Waals surface area contributed by atoms with Crippen LogP contribution in [0.3, 0.4) is 0 Å². The number of nitrogens with zero attached hydrogens (tertiary/aromatic N) is 1. The monoisotopic (exact) mass is 344 g/mol. The molecule has 2 aromatic heterocycles. The molecule has 0 saturated carbocycles. The molecule has 0 spiro atoms. The minimum absolute atomic E-state index is 0.0966. The Balaban J connectivity index is 1.61. The van der Waals surface area contributed by atoms with Crippen molar-refractivity contribution < 1.29 is 19.1 Å². The summed E-state index contributed by atoms with van der Waals surface area (Å²) >= 11 is 1.56. The Morgan fingerprint density at radius 2 is 2.25 bits per heavy atom. The van der Waals surface area contributed by atoms with Gasteiger partial charge in [0, 0.05) is 12.1 Å². The molecule has 3 rings (SSSR count). The highest BCUT2D eigenvalue weighted by Gasteiger charge is 2.09. The molecule has 24 heavy (non-hydrogen) atoms. The first-order valence-electron chi connectivity index (χ1n) is 7.36. The molecule has 124 valence electrons. The zero-order valence-corrected chi connectivity index (χ0v) is 13.6. The summed E-state index contributed by atoms with van der Waals surface area (Å²) in [6.45, 7) is 0.367. The largest absolute Gasteiger partial charge is 0.487 e. The van der Waals surface area contributed by atoms with Crippen LogP contribution in [0.5, 0.6) is 5.75 Å². The molecule has 0 bridgehead atoms. The summed E-state index contributed by atoms with van der Waals surface area (Å²) < 4.78 is 11.1. The van der Waals surface area contributed by atoms with Crippen LogP contribution < -0.4 is 10.1 Å². The Morgan fingerprint density at radius 3 is 3.04 bits per heavy atom. The van der Waals surface area contributed by atoms with Crippen LogP contribution in [0, 0.1) is 0 Å². The number of rotatable bonds is 7. The predicted octanol–water partition coefficient (Wildman–Crippen LogP) is 2.70. The van der Waals surface area contributed by atoms with E-state index in [1.807, 2.05) is 17.5 Å². The van der Waals surface area contributed by atoms with Crippen molar-refractivity contribution in [1.29, 1.82) is 0 Å². The number of oxazole rings is 1. The van der Waals surface area contributed by atoms with E-state index in [0.717, 1.165) is 4.88 Å². The summed E-state index contributed by atoms with van der Waals surface area (Å²) in [7, 11) is 0. The third-order valence-electron chi connectivity index (χ3n) is 3.16. The van der Waals surface area contributed by atoms with Gasteiger partial charge in [-0.2, -0.15) is 0 Å². The number of ether oxygens (including phenoxy) is 1. The van der Waals surface area contributed by atoms with Gasteiger partial charge in [-0.15, -0.1) is 11.3 Å². The van der Waals surface area contributed by atoms with Gasteiger partial charge in [0.15, 0.2) is 0 Å². The van der Waals surface area contributed by atoms with E-state index in [9.17, 15) is 4.79 Å². The highest BCUT2D eigenvalue weighted by molar-refractivity contribution is 7.13. The van der Waals surface area contributed by atoms with Gasteiger partial charge in [0.1, 0.15) is 24.3 Å². The number of amides is 1. The Morgan fingerprint density at radius 1 is 1.33 bits per heavy atom. The molecular weight excluding hydrogens is 328 g/mol. The third kappa shape index (κ3) is 4.01. The van der Waals surface area contributed by atoms with Crippen LogP contribution in [0.2, 0.25) is 0 Å². The predicted molar refractivity (Wildman–Crippen MR) is 90.0 cm³/mol. The number of hydrogen-bond acceptors (Lipinski definition) is 6. The molecule has 0 fully saturated rings. The fourth-order valence-electron chi connectivity index (χ4n) is 2.04. The van der Waals surface area contributed by atoms with Gasteiger partial charge in [-0.3, -0.25) is 4.79 Å². The second-order valence-corrected chi connectivity index (χ2v) is 5.87. The summed E-state index contributed by atoms with van der Waals surface area (Å²) in [5.41, 5.74) is 1.15. The van der Waals surface area contributed by atoms with E-state index in [2.05, 4.69) is 10.3 Å². The minimum atomic E-state index is -0.254. The van der Waals surface area contributed by atoms with Crippen molar-refractivity contribution in [3.8, 4) is 16.5 Å². The standard InChI is InChI=1S/C17H16N2O4S/c20-7-6-18-16(21)12-3-1-4-14(9-12)22-10-13-11-23-17(19-13)15-5-2-8-24-15/h1-5,8-9,11,20H,6-7,10H2,(H,18,21). The van der Waals surface area contributed by atoms with E-state index < -0.39 is 0 Å². The third-order valence-corrected chi connectivity index (χ3v) is 4.02. The number of carbonyl (C=O) groups is 1. The molecule has 2 N–H and O–H groups in total. The fraction of sp³-hybridized carbons (Fsp3) is 0.176. The number of aliphatic hydroxyl groups excluding tert-OH is 1. The Hall–Kier alpha value is -2.64. The highest BCUT2D eigenvalue weighted by Crippen LogP contribution is 2.24.